The number of carbonyl (C=O) groups excluding carboxylic acids is 1. The van der Waals surface area contributed by atoms with E-state index in [2.05, 4.69) is 21.2 Å². The lowest BCUT2D eigenvalue weighted by molar-refractivity contribution is -0.137. The first-order valence-corrected chi connectivity index (χ1v) is 5.63. The molecule has 0 spiro atoms. The third-order valence-electron chi connectivity index (χ3n) is 2.09. The van der Waals surface area contributed by atoms with Gasteiger partial charge in [0, 0.05) is 17.0 Å². The summed E-state index contributed by atoms with van der Waals surface area (Å²) in [5, 5.41) is 11.1. The highest BCUT2D eigenvalue weighted by Crippen LogP contribution is 2.23. The Bertz CT molecular complexity index is 434. The van der Waals surface area contributed by atoms with Crippen molar-refractivity contribution in [1.29, 1.82) is 0 Å². The van der Waals surface area contributed by atoms with Gasteiger partial charge in [-0.2, -0.15) is 0 Å². The molecule has 0 saturated carbocycles. The lowest BCUT2D eigenvalue weighted by atomic mass is 10.0. The molecule has 0 fully saturated rings. The fourth-order valence-corrected chi connectivity index (χ4v) is 1.78. The quantitative estimate of drug-likeness (QED) is 0.896. The molecule has 17 heavy (non-hydrogen) atoms. The number of carbonyl (C=O) groups is 2. The van der Waals surface area contributed by atoms with Crippen molar-refractivity contribution in [2.75, 3.05) is 0 Å². The van der Waals surface area contributed by atoms with Crippen LogP contribution < -0.4 is 5.32 Å². The molecule has 0 unspecified atom stereocenters. The molecule has 0 aromatic heterocycles. The number of carboxylic acids is 1. The Morgan fingerprint density at radius 1 is 1.53 bits per heavy atom. The van der Waals surface area contributed by atoms with E-state index in [1.165, 1.54) is 19.1 Å². The summed E-state index contributed by atoms with van der Waals surface area (Å²) in [5.74, 6) is -2.07. The van der Waals surface area contributed by atoms with Crippen LogP contribution in [0.25, 0.3) is 0 Å². The van der Waals surface area contributed by atoms with Crippen molar-refractivity contribution in [3.05, 3.63) is 34.1 Å². The van der Waals surface area contributed by atoms with Gasteiger partial charge in [-0.1, -0.05) is 22.0 Å². The van der Waals surface area contributed by atoms with E-state index in [-0.39, 0.29) is 12.0 Å². The minimum absolute atomic E-state index is 0.158. The van der Waals surface area contributed by atoms with Crippen LogP contribution in [0.15, 0.2) is 22.7 Å². The van der Waals surface area contributed by atoms with Gasteiger partial charge in [0.1, 0.15) is 5.82 Å². The second-order valence-electron chi connectivity index (χ2n) is 3.52. The molecule has 0 bridgehead atoms. The van der Waals surface area contributed by atoms with Gasteiger partial charge >= 0.3 is 5.97 Å². The number of carboxylic acid groups (broad SMARTS) is 1. The Hall–Kier alpha value is -1.43. The molecule has 1 rings (SSSR count). The van der Waals surface area contributed by atoms with E-state index in [1.807, 2.05) is 0 Å². The average Bonchev–Trinajstić information content (AvgIpc) is 2.14. The van der Waals surface area contributed by atoms with Gasteiger partial charge in [-0.05, 0) is 12.1 Å². The number of halogens is 2. The van der Waals surface area contributed by atoms with Crippen molar-refractivity contribution in [2.45, 2.75) is 19.4 Å². The Morgan fingerprint density at radius 2 is 2.18 bits per heavy atom. The maximum Gasteiger partial charge on any atom is 0.305 e. The number of benzene rings is 1. The van der Waals surface area contributed by atoms with E-state index in [0.717, 1.165) is 0 Å². The minimum atomic E-state index is -1.11. The highest BCUT2D eigenvalue weighted by molar-refractivity contribution is 9.10. The molecule has 0 heterocycles. The van der Waals surface area contributed by atoms with Gasteiger partial charge in [0.05, 0.1) is 12.5 Å². The normalized spacial score (nSPS) is 11.9. The Labute approximate surface area is 106 Å². The smallest absolute Gasteiger partial charge is 0.305 e. The number of hydrogen-bond acceptors (Lipinski definition) is 2. The maximum absolute atomic E-state index is 13.6. The number of rotatable bonds is 4. The summed E-state index contributed by atoms with van der Waals surface area (Å²) in [7, 11) is 0. The highest BCUT2D eigenvalue weighted by atomic mass is 79.9. The Morgan fingerprint density at radius 3 is 2.65 bits per heavy atom. The Kier molecular flexibility index (Phi) is 4.62. The van der Waals surface area contributed by atoms with Crippen LogP contribution in [0.2, 0.25) is 0 Å². The lowest BCUT2D eigenvalue weighted by Gasteiger charge is -2.17. The monoisotopic (exact) mass is 303 g/mol. The minimum Gasteiger partial charge on any atom is -0.481 e. The number of nitrogens with one attached hydrogen (secondary N) is 1. The molecule has 0 saturated heterocycles. The second-order valence-corrected chi connectivity index (χ2v) is 4.43. The van der Waals surface area contributed by atoms with Crippen molar-refractivity contribution in [3.8, 4) is 0 Å². The third kappa shape index (κ3) is 4.14. The van der Waals surface area contributed by atoms with Gasteiger partial charge in [-0.15, -0.1) is 0 Å². The molecule has 1 atom stereocenters. The molecule has 4 nitrogen and oxygen atoms in total. The van der Waals surface area contributed by atoms with Gasteiger partial charge in [0.2, 0.25) is 5.91 Å². The standard InChI is InChI=1S/C11H11BrFNO3/c1-6(15)14-10(5-11(16)17)8-3-2-7(12)4-9(8)13/h2-4,10H,5H2,1H3,(H,14,15)(H,16,17)/t10-/m1/s1. The van der Waals surface area contributed by atoms with E-state index >= 15 is 0 Å². The first-order valence-electron chi connectivity index (χ1n) is 4.84. The summed E-state index contributed by atoms with van der Waals surface area (Å²) in [6.45, 7) is 1.26. The highest BCUT2D eigenvalue weighted by Gasteiger charge is 2.19. The van der Waals surface area contributed by atoms with Crippen molar-refractivity contribution < 1.29 is 19.1 Å². The summed E-state index contributed by atoms with van der Waals surface area (Å²) in [6, 6.07) is 3.41. The van der Waals surface area contributed by atoms with Crippen molar-refractivity contribution in [1.82, 2.24) is 5.32 Å². The molecular weight excluding hydrogens is 293 g/mol. The van der Waals surface area contributed by atoms with Gasteiger partial charge in [0.15, 0.2) is 0 Å². The van der Waals surface area contributed by atoms with E-state index in [1.54, 1.807) is 6.07 Å². The summed E-state index contributed by atoms with van der Waals surface area (Å²) >= 11 is 3.10. The first kappa shape index (κ1) is 13.6. The summed E-state index contributed by atoms with van der Waals surface area (Å²) in [6.07, 6.45) is -0.363. The fourth-order valence-electron chi connectivity index (χ4n) is 1.44. The lowest BCUT2D eigenvalue weighted by Crippen LogP contribution is -2.28. The van der Waals surface area contributed by atoms with E-state index in [4.69, 9.17) is 5.11 Å². The van der Waals surface area contributed by atoms with Crippen molar-refractivity contribution in [3.63, 3.8) is 0 Å². The SMILES string of the molecule is CC(=O)N[C@H](CC(=O)O)c1ccc(Br)cc1F. The number of aliphatic carboxylic acids is 1. The van der Waals surface area contributed by atoms with Gasteiger partial charge in [-0.3, -0.25) is 9.59 Å². The number of amides is 1. The predicted molar refractivity (Wildman–Crippen MR) is 62.9 cm³/mol. The second kappa shape index (κ2) is 5.77. The molecule has 92 valence electrons. The van der Waals surface area contributed by atoms with Gasteiger partial charge in [0.25, 0.3) is 0 Å². The number of hydrogen-bond donors (Lipinski definition) is 2. The van der Waals surface area contributed by atoms with Crippen LogP contribution in [0.3, 0.4) is 0 Å². The largest absolute Gasteiger partial charge is 0.481 e. The van der Waals surface area contributed by atoms with Crippen LogP contribution in [0.1, 0.15) is 24.9 Å². The van der Waals surface area contributed by atoms with Crippen LogP contribution in [-0.4, -0.2) is 17.0 Å². The van der Waals surface area contributed by atoms with Gasteiger partial charge < -0.3 is 10.4 Å². The summed E-state index contributed by atoms with van der Waals surface area (Å²) in [5.41, 5.74) is 0.158. The molecule has 0 aliphatic heterocycles. The molecule has 6 heteroatoms. The molecule has 2 N–H and O–H groups in total. The fraction of sp³-hybridized carbons (Fsp3) is 0.273. The molecule has 0 radical (unpaired) electrons. The summed E-state index contributed by atoms with van der Waals surface area (Å²) in [4.78, 5) is 21.6. The zero-order valence-corrected chi connectivity index (χ0v) is 10.6. The zero-order valence-electron chi connectivity index (χ0n) is 9.04. The van der Waals surface area contributed by atoms with E-state index in [9.17, 15) is 14.0 Å². The molecule has 1 aromatic carbocycles. The van der Waals surface area contributed by atoms with E-state index < -0.39 is 23.7 Å². The van der Waals surface area contributed by atoms with Crippen molar-refractivity contribution >= 4 is 27.8 Å². The van der Waals surface area contributed by atoms with Crippen LogP contribution >= 0.6 is 15.9 Å². The summed E-state index contributed by atoms with van der Waals surface area (Å²) < 4.78 is 14.2. The predicted octanol–water partition coefficient (Wildman–Crippen LogP) is 2.24. The molecule has 0 aliphatic rings. The maximum atomic E-state index is 13.6. The van der Waals surface area contributed by atoms with E-state index in [0.29, 0.717) is 4.47 Å². The van der Waals surface area contributed by atoms with Crippen LogP contribution in [0.5, 0.6) is 0 Å². The molecule has 1 amide bonds. The van der Waals surface area contributed by atoms with Gasteiger partial charge in [-0.25, -0.2) is 4.39 Å². The molecular formula is C11H11BrFNO3. The third-order valence-corrected chi connectivity index (χ3v) is 2.59. The van der Waals surface area contributed by atoms with Crippen LogP contribution in [-0.2, 0) is 9.59 Å². The Balaban J connectivity index is 3.02. The molecule has 1 aromatic rings. The van der Waals surface area contributed by atoms with Crippen LogP contribution in [0, 0.1) is 5.82 Å². The first-order chi connectivity index (χ1) is 7.90. The van der Waals surface area contributed by atoms with Crippen LogP contribution in [0.4, 0.5) is 4.39 Å². The molecule has 0 aliphatic carbocycles. The average molecular weight is 304 g/mol. The topological polar surface area (TPSA) is 66.4 Å². The zero-order chi connectivity index (χ0) is 13.0. The van der Waals surface area contributed by atoms with Crippen molar-refractivity contribution in [2.24, 2.45) is 0 Å².